The molecule has 1 saturated carbocycles. The summed E-state index contributed by atoms with van der Waals surface area (Å²) in [4.78, 5) is 60.6. The molecule has 2 aromatic carbocycles. The van der Waals surface area contributed by atoms with E-state index in [2.05, 4.69) is 12.2 Å². The van der Waals surface area contributed by atoms with E-state index in [4.69, 9.17) is 9.47 Å². The predicted octanol–water partition coefficient (Wildman–Crippen LogP) is 6.80. The Morgan fingerprint density at radius 2 is 1.65 bits per heavy atom. The molecule has 2 aromatic rings. The summed E-state index contributed by atoms with van der Waals surface area (Å²) in [5.74, 6) is -1.11. The largest absolute Gasteiger partial charge is 0.476 e. The van der Waals surface area contributed by atoms with E-state index >= 15 is 0 Å². The van der Waals surface area contributed by atoms with Crippen LogP contribution in [0.3, 0.4) is 0 Å². The fraction of sp³-hybridized carbons (Fsp3) is 0.590. The van der Waals surface area contributed by atoms with Crippen LogP contribution in [0.1, 0.15) is 99.5 Å². The number of piperidine rings is 1. The van der Waals surface area contributed by atoms with E-state index in [0.29, 0.717) is 30.1 Å². The van der Waals surface area contributed by atoms with Gasteiger partial charge in [0.15, 0.2) is 5.60 Å². The number of likely N-dealkylation sites (tertiary alicyclic amines) is 1. The molecule has 0 unspecified atom stereocenters. The van der Waals surface area contributed by atoms with Crippen LogP contribution in [0.15, 0.2) is 48.5 Å². The normalized spacial score (nSPS) is 20.6. The van der Waals surface area contributed by atoms with Gasteiger partial charge in [-0.3, -0.25) is 14.4 Å². The summed E-state index contributed by atoms with van der Waals surface area (Å²) < 4.78 is 11.9. The number of fused-ring (bicyclic) bond motifs is 1. The van der Waals surface area contributed by atoms with Crippen molar-refractivity contribution < 1.29 is 28.7 Å². The van der Waals surface area contributed by atoms with Crippen molar-refractivity contribution in [1.82, 2.24) is 10.2 Å². The first-order chi connectivity index (χ1) is 23.0. The standard InChI is InChI=1S/C39H54N4O6/c1-9-10-14-21-42-31-23-30(19-20-32(31)48-39(7,8)35(42)46)43(29-17-18-29)34(45)27-22-26(24-41(25-27)36(47)49-37(2,3)4)33(44)40-38(5,6)28-15-12-11-13-16-28/h11-13,15-16,19-20,23,26-27,29H,9-10,14,17-18,21-22,24-25H2,1-8H3,(H,40,44)/t26-,27+/m0/s1. The van der Waals surface area contributed by atoms with E-state index in [1.165, 1.54) is 4.90 Å². The van der Waals surface area contributed by atoms with Crippen LogP contribution < -0.4 is 19.9 Å². The van der Waals surface area contributed by atoms with Gasteiger partial charge in [0, 0.05) is 31.4 Å². The van der Waals surface area contributed by atoms with Crippen molar-refractivity contribution in [1.29, 1.82) is 0 Å². The molecule has 1 saturated heterocycles. The smallest absolute Gasteiger partial charge is 0.410 e. The molecule has 10 heteroatoms. The van der Waals surface area contributed by atoms with Crippen molar-refractivity contribution >= 4 is 35.2 Å². The van der Waals surface area contributed by atoms with E-state index in [1.807, 2.05) is 67.3 Å². The average molecular weight is 675 g/mol. The minimum Gasteiger partial charge on any atom is -0.476 e. The zero-order chi connectivity index (χ0) is 35.7. The molecule has 10 nitrogen and oxygen atoms in total. The maximum Gasteiger partial charge on any atom is 0.410 e. The Morgan fingerprint density at radius 3 is 2.29 bits per heavy atom. The van der Waals surface area contributed by atoms with Gasteiger partial charge in [0.1, 0.15) is 11.4 Å². The minimum absolute atomic E-state index is 0.00284. The van der Waals surface area contributed by atoms with Crippen molar-refractivity contribution in [3.8, 4) is 5.75 Å². The molecule has 3 aliphatic rings. The van der Waals surface area contributed by atoms with E-state index in [0.717, 1.165) is 37.7 Å². The van der Waals surface area contributed by atoms with E-state index in [1.54, 1.807) is 39.5 Å². The number of anilines is 2. The molecular weight excluding hydrogens is 620 g/mol. The van der Waals surface area contributed by atoms with Crippen molar-refractivity contribution in [3.05, 3.63) is 54.1 Å². The Morgan fingerprint density at radius 1 is 0.980 bits per heavy atom. The van der Waals surface area contributed by atoms with Gasteiger partial charge in [-0.05, 0) is 97.9 Å². The van der Waals surface area contributed by atoms with Crippen LogP contribution >= 0.6 is 0 Å². The van der Waals surface area contributed by atoms with Crippen LogP contribution in [0.2, 0.25) is 0 Å². The molecule has 266 valence electrons. The monoisotopic (exact) mass is 674 g/mol. The van der Waals surface area contributed by atoms with Gasteiger partial charge in [-0.25, -0.2) is 4.79 Å². The fourth-order valence-corrected chi connectivity index (χ4v) is 6.78. The highest BCUT2D eigenvalue weighted by molar-refractivity contribution is 6.04. The Balaban J connectivity index is 1.44. The molecule has 2 fully saturated rings. The number of amides is 4. The number of ether oxygens (including phenoxy) is 2. The third-order valence-corrected chi connectivity index (χ3v) is 9.53. The number of hydrogen-bond acceptors (Lipinski definition) is 6. The van der Waals surface area contributed by atoms with Crippen LogP contribution in [0.5, 0.6) is 5.75 Å². The third-order valence-electron chi connectivity index (χ3n) is 9.53. The second-order valence-electron chi connectivity index (χ2n) is 15.9. The second kappa shape index (κ2) is 14.0. The fourth-order valence-electron chi connectivity index (χ4n) is 6.78. The van der Waals surface area contributed by atoms with Crippen LogP contribution in [-0.4, -0.2) is 65.6 Å². The zero-order valence-corrected chi connectivity index (χ0v) is 30.5. The van der Waals surface area contributed by atoms with Gasteiger partial charge >= 0.3 is 6.09 Å². The average Bonchev–Trinajstić information content (AvgIpc) is 3.87. The third kappa shape index (κ3) is 8.39. The molecule has 0 radical (unpaired) electrons. The molecule has 0 aromatic heterocycles. The topological polar surface area (TPSA) is 108 Å². The molecule has 0 spiro atoms. The number of unbranched alkanes of at least 4 members (excludes halogenated alkanes) is 2. The first-order valence-electron chi connectivity index (χ1n) is 17.8. The van der Waals surface area contributed by atoms with Crippen molar-refractivity contribution in [3.63, 3.8) is 0 Å². The van der Waals surface area contributed by atoms with E-state index < -0.39 is 34.7 Å². The number of carbonyl (C=O) groups is 4. The Labute approximate surface area is 291 Å². The van der Waals surface area contributed by atoms with Crippen molar-refractivity contribution in [2.45, 2.75) is 117 Å². The van der Waals surface area contributed by atoms with E-state index in [9.17, 15) is 19.2 Å². The summed E-state index contributed by atoms with van der Waals surface area (Å²) in [5.41, 5.74) is -0.0879. The lowest BCUT2D eigenvalue weighted by Crippen LogP contribution is -2.55. The lowest BCUT2D eigenvalue weighted by Gasteiger charge is -2.41. The second-order valence-corrected chi connectivity index (χ2v) is 15.9. The highest BCUT2D eigenvalue weighted by atomic mass is 16.6. The van der Waals surface area contributed by atoms with Gasteiger partial charge in [0.05, 0.1) is 23.1 Å². The molecule has 2 aliphatic heterocycles. The number of hydrogen-bond donors (Lipinski definition) is 1. The number of rotatable bonds is 10. The Hall–Kier alpha value is -4.08. The Bertz CT molecular complexity index is 1540. The van der Waals surface area contributed by atoms with Crippen LogP contribution in [0, 0.1) is 11.8 Å². The predicted molar refractivity (Wildman–Crippen MR) is 191 cm³/mol. The SMILES string of the molecule is CCCCCN1C(=O)C(C)(C)Oc2ccc(N(C(=O)[C@@H]3C[C@H](C(=O)NC(C)(C)c4ccccc4)CN(C(=O)OC(C)(C)C)C3)C3CC3)cc21. The van der Waals surface area contributed by atoms with Gasteiger partial charge in [0.25, 0.3) is 5.91 Å². The molecule has 0 bridgehead atoms. The van der Waals surface area contributed by atoms with Gasteiger partial charge in [-0.1, -0.05) is 50.1 Å². The quantitative estimate of drug-likeness (QED) is 0.278. The number of benzene rings is 2. The molecule has 5 rings (SSSR count). The van der Waals surface area contributed by atoms with Gasteiger partial charge in [-0.2, -0.15) is 0 Å². The number of carbonyl (C=O) groups excluding carboxylic acids is 4. The highest BCUT2D eigenvalue weighted by Gasteiger charge is 2.45. The highest BCUT2D eigenvalue weighted by Crippen LogP contribution is 2.43. The molecule has 2 heterocycles. The maximum absolute atomic E-state index is 14.6. The number of nitrogens with one attached hydrogen (secondary N) is 1. The lowest BCUT2D eigenvalue weighted by atomic mass is 9.86. The van der Waals surface area contributed by atoms with Crippen LogP contribution in [0.25, 0.3) is 0 Å². The summed E-state index contributed by atoms with van der Waals surface area (Å²) in [6.45, 7) is 15.9. The molecule has 2 atom stereocenters. The van der Waals surface area contributed by atoms with Crippen molar-refractivity contribution in [2.24, 2.45) is 11.8 Å². The molecule has 49 heavy (non-hydrogen) atoms. The van der Waals surface area contributed by atoms with Crippen LogP contribution in [-0.2, 0) is 24.7 Å². The summed E-state index contributed by atoms with van der Waals surface area (Å²) in [7, 11) is 0. The van der Waals surface area contributed by atoms with E-state index in [-0.39, 0.29) is 36.9 Å². The molecule has 4 amide bonds. The maximum atomic E-state index is 14.6. The van der Waals surface area contributed by atoms with Gasteiger partial charge < -0.3 is 29.5 Å². The summed E-state index contributed by atoms with van der Waals surface area (Å²) in [6.07, 6.45) is 4.34. The molecule has 1 aliphatic carbocycles. The summed E-state index contributed by atoms with van der Waals surface area (Å²) in [5, 5.41) is 3.18. The number of nitrogens with zero attached hydrogens (tertiary/aromatic N) is 3. The molecule has 1 N–H and O–H groups in total. The first-order valence-corrected chi connectivity index (χ1v) is 17.8. The van der Waals surface area contributed by atoms with Crippen molar-refractivity contribution in [2.75, 3.05) is 29.4 Å². The minimum atomic E-state index is -0.995. The summed E-state index contributed by atoms with van der Waals surface area (Å²) >= 11 is 0. The first kappa shape index (κ1) is 36.2. The molecular formula is C39H54N4O6. The van der Waals surface area contributed by atoms with Gasteiger partial charge in [-0.15, -0.1) is 0 Å². The zero-order valence-electron chi connectivity index (χ0n) is 30.5. The van der Waals surface area contributed by atoms with Gasteiger partial charge in [0.2, 0.25) is 11.8 Å². The van der Waals surface area contributed by atoms with Crippen LogP contribution in [0.4, 0.5) is 16.2 Å². The lowest BCUT2D eigenvalue weighted by molar-refractivity contribution is -0.133. The Kier molecular flexibility index (Phi) is 10.4. The summed E-state index contributed by atoms with van der Waals surface area (Å²) in [6, 6.07) is 15.4.